The zero-order valence-corrected chi connectivity index (χ0v) is 10.4. The second kappa shape index (κ2) is 4.46. The van der Waals surface area contributed by atoms with Gasteiger partial charge < -0.3 is 0 Å². The van der Waals surface area contributed by atoms with Gasteiger partial charge in [0.25, 0.3) is 11.8 Å². The fraction of sp³-hybridized carbons (Fsp3) is 0.143. The smallest absolute Gasteiger partial charge is 0.253 e. The summed E-state index contributed by atoms with van der Waals surface area (Å²) in [7, 11) is 0. The van der Waals surface area contributed by atoms with Gasteiger partial charge in [-0.25, -0.2) is 0 Å². The van der Waals surface area contributed by atoms with Crippen LogP contribution in [0.5, 0.6) is 0 Å². The van der Waals surface area contributed by atoms with Crippen molar-refractivity contribution in [1.82, 2.24) is 4.90 Å². The Labute approximate surface area is 109 Å². The molecule has 0 N–H and O–H groups in total. The summed E-state index contributed by atoms with van der Waals surface area (Å²) in [5.41, 5.74) is 2.52. The molecule has 2 amide bonds. The van der Waals surface area contributed by atoms with E-state index in [1.165, 1.54) is 33.1 Å². The third kappa shape index (κ3) is 1.88. The maximum atomic E-state index is 11.3. The Morgan fingerprint density at radius 3 is 2.50 bits per heavy atom. The van der Waals surface area contributed by atoms with Gasteiger partial charge in [-0.2, -0.15) is 0 Å². The molecule has 2 aliphatic rings. The minimum absolute atomic E-state index is 0.205. The third-order valence-corrected chi connectivity index (χ3v) is 4.02. The van der Waals surface area contributed by atoms with Crippen LogP contribution in [0.15, 0.2) is 36.4 Å². The quantitative estimate of drug-likeness (QED) is 0.776. The van der Waals surface area contributed by atoms with Gasteiger partial charge in [-0.05, 0) is 17.2 Å². The van der Waals surface area contributed by atoms with Crippen LogP contribution in [0.1, 0.15) is 11.1 Å². The monoisotopic (exact) mass is 257 g/mol. The summed E-state index contributed by atoms with van der Waals surface area (Å²) in [5, 5.41) is 0. The summed E-state index contributed by atoms with van der Waals surface area (Å²) in [6.07, 6.45) is 4.78. The van der Waals surface area contributed by atoms with E-state index in [1.54, 1.807) is 11.8 Å². The molecule has 90 valence electrons. The summed E-state index contributed by atoms with van der Waals surface area (Å²) in [5.74, 6) is 0.325. The van der Waals surface area contributed by atoms with E-state index in [-0.39, 0.29) is 11.8 Å². The molecule has 0 bridgehead atoms. The molecule has 0 atom stereocenters. The highest BCUT2D eigenvalue weighted by Crippen LogP contribution is 2.40. The zero-order chi connectivity index (χ0) is 12.5. The average Bonchev–Trinajstić information content (AvgIpc) is 2.66. The molecule has 1 heterocycles. The van der Waals surface area contributed by atoms with Crippen molar-refractivity contribution in [3.8, 4) is 0 Å². The fourth-order valence-electron chi connectivity index (χ4n) is 2.01. The van der Waals surface area contributed by atoms with Crippen LogP contribution in [0.25, 0.3) is 11.0 Å². The zero-order valence-electron chi connectivity index (χ0n) is 9.63. The number of benzene rings is 1. The first-order chi connectivity index (χ1) is 8.75. The van der Waals surface area contributed by atoms with Gasteiger partial charge in [0.05, 0.1) is 0 Å². The molecule has 0 saturated carbocycles. The van der Waals surface area contributed by atoms with E-state index >= 15 is 0 Å². The van der Waals surface area contributed by atoms with Crippen molar-refractivity contribution in [1.29, 1.82) is 0 Å². The van der Waals surface area contributed by atoms with Crippen LogP contribution in [0, 0.1) is 0 Å². The molecule has 4 heteroatoms. The predicted octanol–water partition coefficient (Wildman–Crippen LogP) is 2.16. The number of carbonyl (C=O) groups is 2. The van der Waals surface area contributed by atoms with Crippen LogP contribution < -0.4 is 0 Å². The molecule has 18 heavy (non-hydrogen) atoms. The summed E-state index contributed by atoms with van der Waals surface area (Å²) in [4.78, 5) is 25.2. The van der Waals surface area contributed by atoms with E-state index in [2.05, 4.69) is 18.2 Å². The molecule has 0 saturated heterocycles. The molecular weight excluding hydrogens is 246 g/mol. The van der Waals surface area contributed by atoms with Crippen LogP contribution in [0.2, 0.25) is 0 Å². The van der Waals surface area contributed by atoms with Gasteiger partial charge in [-0.1, -0.05) is 24.3 Å². The van der Waals surface area contributed by atoms with Gasteiger partial charge in [0.15, 0.2) is 0 Å². The number of hydrogen-bond acceptors (Lipinski definition) is 3. The maximum absolute atomic E-state index is 11.3. The molecule has 0 aromatic heterocycles. The van der Waals surface area contributed by atoms with Gasteiger partial charge in [-0.3, -0.25) is 14.5 Å². The maximum Gasteiger partial charge on any atom is 0.253 e. The standard InChI is InChI=1S/C14H11NO2S/c16-13-5-6-14(17)15(13)7-8-18-12-9-10-3-1-2-4-11(10)12/h1-6,9H,7-8H2. The van der Waals surface area contributed by atoms with E-state index < -0.39 is 0 Å². The molecule has 3 nitrogen and oxygen atoms in total. The van der Waals surface area contributed by atoms with Crippen molar-refractivity contribution in [3.05, 3.63) is 47.5 Å². The van der Waals surface area contributed by atoms with Crippen LogP contribution in [-0.2, 0) is 9.59 Å². The number of hydrogen-bond donors (Lipinski definition) is 0. The Bertz CT molecular complexity index is 571. The van der Waals surface area contributed by atoms with Gasteiger partial charge in [0.1, 0.15) is 0 Å². The van der Waals surface area contributed by atoms with Gasteiger partial charge in [-0.15, -0.1) is 11.8 Å². The summed E-state index contributed by atoms with van der Waals surface area (Å²) < 4.78 is 0. The predicted molar refractivity (Wildman–Crippen MR) is 72.6 cm³/mol. The van der Waals surface area contributed by atoms with Crippen LogP contribution in [0.4, 0.5) is 0 Å². The van der Waals surface area contributed by atoms with Crippen molar-refractivity contribution in [2.45, 2.75) is 0 Å². The lowest BCUT2D eigenvalue weighted by atomic mass is 9.98. The Morgan fingerprint density at radius 2 is 1.78 bits per heavy atom. The summed E-state index contributed by atoms with van der Waals surface area (Å²) >= 11 is 1.68. The van der Waals surface area contributed by atoms with Gasteiger partial charge in [0, 0.05) is 29.4 Å². The average molecular weight is 257 g/mol. The van der Waals surface area contributed by atoms with E-state index in [4.69, 9.17) is 0 Å². The number of fused-ring (bicyclic) bond motifs is 1. The highest BCUT2D eigenvalue weighted by molar-refractivity contribution is 8.08. The normalized spacial score (nSPS) is 16.7. The van der Waals surface area contributed by atoms with E-state index in [9.17, 15) is 9.59 Å². The van der Waals surface area contributed by atoms with Crippen molar-refractivity contribution in [2.24, 2.45) is 0 Å². The van der Waals surface area contributed by atoms with Crippen molar-refractivity contribution >= 4 is 34.6 Å². The van der Waals surface area contributed by atoms with Crippen LogP contribution in [0.3, 0.4) is 0 Å². The first kappa shape index (κ1) is 11.3. The molecule has 1 aliphatic carbocycles. The lowest BCUT2D eigenvalue weighted by Crippen LogP contribution is -2.32. The number of carbonyl (C=O) groups excluding carboxylic acids is 2. The summed E-state index contributed by atoms with van der Waals surface area (Å²) in [6, 6.07) is 8.20. The SMILES string of the molecule is O=C1C=CC(=O)N1CCSC1=Cc2ccccc21. The van der Waals surface area contributed by atoms with Crippen LogP contribution in [-0.4, -0.2) is 29.0 Å². The van der Waals surface area contributed by atoms with Crippen molar-refractivity contribution in [2.75, 3.05) is 12.3 Å². The largest absolute Gasteiger partial charge is 0.275 e. The highest BCUT2D eigenvalue weighted by Gasteiger charge is 2.23. The lowest BCUT2D eigenvalue weighted by molar-refractivity contribution is -0.136. The molecule has 0 fully saturated rings. The molecule has 1 aromatic carbocycles. The number of imide groups is 1. The molecule has 3 rings (SSSR count). The van der Waals surface area contributed by atoms with E-state index in [1.807, 2.05) is 12.1 Å². The molecule has 1 aliphatic heterocycles. The number of amides is 2. The van der Waals surface area contributed by atoms with E-state index in [0.29, 0.717) is 6.54 Å². The fourth-order valence-corrected chi connectivity index (χ4v) is 3.05. The van der Waals surface area contributed by atoms with Gasteiger partial charge in [0.2, 0.25) is 0 Å². The minimum Gasteiger partial charge on any atom is -0.275 e. The molecule has 0 unspecified atom stereocenters. The molecule has 1 aromatic rings. The van der Waals surface area contributed by atoms with Crippen molar-refractivity contribution < 1.29 is 9.59 Å². The van der Waals surface area contributed by atoms with Gasteiger partial charge >= 0.3 is 0 Å². The first-order valence-corrected chi connectivity index (χ1v) is 6.72. The lowest BCUT2D eigenvalue weighted by Gasteiger charge is -2.20. The Hall–Kier alpha value is -1.81. The van der Waals surface area contributed by atoms with E-state index in [0.717, 1.165) is 5.75 Å². The third-order valence-electron chi connectivity index (χ3n) is 2.99. The second-order valence-corrected chi connectivity index (χ2v) is 5.24. The topological polar surface area (TPSA) is 37.4 Å². The number of rotatable bonds is 4. The number of thioether (sulfide) groups is 1. The minimum atomic E-state index is -0.205. The van der Waals surface area contributed by atoms with Crippen LogP contribution >= 0.6 is 11.8 Å². The Balaban J connectivity index is 1.53. The Morgan fingerprint density at radius 1 is 1.06 bits per heavy atom. The molecule has 0 spiro atoms. The molecular formula is C14H11NO2S. The highest BCUT2D eigenvalue weighted by atomic mass is 32.2. The molecule has 0 radical (unpaired) electrons. The first-order valence-electron chi connectivity index (χ1n) is 5.73. The summed E-state index contributed by atoms with van der Waals surface area (Å²) in [6.45, 7) is 0.467. The number of nitrogens with zero attached hydrogens (tertiary/aromatic N) is 1. The second-order valence-electron chi connectivity index (χ2n) is 4.11. The van der Waals surface area contributed by atoms with Crippen molar-refractivity contribution in [3.63, 3.8) is 0 Å². The Kier molecular flexibility index (Phi) is 2.80.